The molecule has 4 heteroatoms. The molecule has 3 rings (SSSR count). The summed E-state index contributed by atoms with van der Waals surface area (Å²) in [5.41, 5.74) is 3.33. The molecule has 1 unspecified atom stereocenters. The van der Waals surface area contributed by atoms with Gasteiger partial charge in [0.2, 0.25) is 0 Å². The first-order valence-corrected chi connectivity index (χ1v) is 8.86. The first-order chi connectivity index (χ1) is 12.0. The smallest absolute Gasteiger partial charge is 0.258 e. The van der Waals surface area contributed by atoms with Gasteiger partial charge < -0.3 is 9.88 Å². The van der Waals surface area contributed by atoms with E-state index in [0.717, 1.165) is 17.9 Å². The van der Waals surface area contributed by atoms with Gasteiger partial charge in [0.05, 0.1) is 18.0 Å². The summed E-state index contributed by atoms with van der Waals surface area (Å²) in [6.45, 7) is 7.40. The van der Waals surface area contributed by atoms with Crippen LogP contribution in [0.2, 0.25) is 0 Å². The van der Waals surface area contributed by atoms with Crippen LogP contribution in [0.1, 0.15) is 49.7 Å². The number of nitrogens with zero attached hydrogens (tertiary/aromatic N) is 1. The summed E-state index contributed by atoms with van der Waals surface area (Å²) in [7, 11) is 2.14. The molecule has 0 aliphatic carbocycles. The van der Waals surface area contributed by atoms with E-state index < -0.39 is 0 Å². The van der Waals surface area contributed by atoms with Gasteiger partial charge in [-0.25, -0.2) is 4.98 Å². The van der Waals surface area contributed by atoms with Gasteiger partial charge in [-0.2, -0.15) is 0 Å². The molecule has 25 heavy (non-hydrogen) atoms. The Morgan fingerprint density at radius 3 is 2.40 bits per heavy atom. The van der Waals surface area contributed by atoms with Crippen LogP contribution in [0.25, 0.3) is 10.9 Å². The van der Waals surface area contributed by atoms with E-state index >= 15 is 0 Å². The maximum Gasteiger partial charge on any atom is 0.258 e. The fraction of sp³-hybridized carbons (Fsp3) is 0.333. The van der Waals surface area contributed by atoms with Crippen molar-refractivity contribution in [2.45, 2.75) is 39.3 Å². The SMILES string of the molecule is CC(C)c1ccc(C[NH+](C)[C@@H](C)c2nc3ccccc3c(=O)[nH]2)cc1. The molecule has 2 atom stereocenters. The standard InChI is InChI=1S/C21H25N3O/c1-14(2)17-11-9-16(10-12-17)13-24(4)15(3)20-22-19-8-6-5-7-18(19)21(25)23-20/h5-12,14-15H,13H2,1-4H3,(H,22,23,25)/p+1/t15-/m0/s1. The lowest BCUT2D eigenvalue weighted by Gasteiger charge is -2.21. The van der Waals surface area contributed by atoms with Gasteiger partial charge in [0.15, 0.2) is 5.82 Å². The van der Waals surface area contributed by atoms with E-state index in [-0.39, 0.29) is 11.6 Å². The van der Waals surface area contributed by atoms with Crippen molar-refractivity contribution in [1.29, 1.82) is 0 Å². The molecule has 4 nitrogen and oxygen atoms in total. The number of aromatic nitrogens is 2. The van der Waals surface area contributed by atoms with Crippen molar-refractivity contribution < 1.29 is 4.90 Å². The molecule has 0 saturated carbocycles. The molecule has 0 saturated heterocycles. The van der Waals surface area contributed by atoms with Crippen molar-refractivity contribution in [3.05, 3.63) is 75.8 Å². The number of rotatable bonds is 5. The summed E-state index contributed by atoms with van der Waals surface area (Å²) < 4.78 is 0. The Morgan fingerprint density at radius 1 is 1.04 bits per heavy atom. The number of para-hydroxylation sites is 1. The highest BCUT2D eigenvalue weighted by atomic mass is 16.1. The highest BCUT2D eigenvalue weighted by molar-refractivity contribution is 5.77. The predicted molar refractivity (Wildman–Crippen MR) is 102 cm³/mol. The normalized spacial score (nSPS) is 14.0. The van der Waals surface area contributed by atoms with Crippen molar-refractivity contribution >= 4 is 10.9 Å². The Bertz CT molecular complexity index is 912. The van der Waals surface area contributed by atoms with Gasteiger partial charge in [-0.1, -0.05) is 50.2 Å². The Labute approximate surface area is 148 Å². The summed E-state index contributed by atoms with van der Waals surface area (Å²) in [5, 5.41) is 0.639. The molecule has 0 radical (unpaired) electrons. The number of hydrogen-bond donors (Lipinski definition) is 2. The van der Waals surface area contributed by atoms with Crippen molar-refractivity contribution in [3.63, 3.8) is 0 Å². The first kappa shape index (κ1) is 17.4. The fourth-order valence-electron chi connectivity index (χ4n) is 3.04. The molecule has 0 bridgehead atoms. The molecule has 0 fully saturated rings. The maximum absolute atomic E-state index is 12.3. The van der Waals surface area contributed by atoms with Crippen molar-refractivity contribution in [2.24, 2.45) is 0 Å². The van der Waals surface area contributed by atoms with E-state index in [9.17, 15) is 4.79 Å². The third kappa shape index (κ3) is 3.80. The summed E-state index contributed by atoms with van der Waals surface area (Å²) in [6.07, 6.45) is 0. The number of aromatic amines is 1. The fourth-order valence-corrected chi connectivity index (χ4v) is 3.04. The van der Waals surface area contributed by atoms with Gasteiger partial charge in [0.25, 0.3) is 5.56 Å². The Hall–Kier alpha value is -2.46. The summed E-state index contributed by atoms with van der Waals surface area (Å²) in [5.74, 6) is 1.28. The van der Waals surface area contributed by atoms with Crippen LogP contribution in [0.4, 0.5) is 0 Å². The van der Waals surface area contributed by atoms with E-state index in [1.165, 1.54) is 16.0 Å². The summed E-state index contributed by atoms with van der Waals surface area (Å²) >= 11 is 0. The molecule has 0 amide bonds. The topological polar surface area (TPSA) is 50.2 Å². The van der Waals surface area contributed by atoms with Crippen LogP contribution < -0.4 is 10.5 Å². The molecule has 3 aromatic rings. The summed E-state index contributed by atoms with van der Waals surface area (Å²) in [4.78, 5) is 21.2. The first-order valence-electron chi connectivity index (χ1n) is 8.86. The number of H-pyrrole nitrogens is 1. The van der Waals surface area contributed by atoms with E-state index in [0.29, 0.717) is 11.3 Å². The largest absolute Gasteiger partial charge is 0.325 e. The lowest BCUT2D eigenvalue weighted by molar-refractivity contribution is -0.924. The molecule has 130 valence electrons. The zero-order valence-corrected chi connectivity index (χ0v) is 15.3. The molecular formula is C21H26N3O+. The van der Waals surface area contributed by atoms with E-state index in [1.54, 1.807) is 0 Å². The molecule has 0 aliphatic heterocycles. The van der Waals surface area contributed by atoms with Gasteiger partial charge in [-0.15, -0.1) is 0 Å². The second kappa shape index (κ2) is 7.19. The van der Waals surface area contributed by atoms with Crippen LogP contribution in [-0.4, -0.2) is 17.0 Å². The van der Waals surface area contributed by atoms with Crippen LogP contribution in [-0.2, 0) is 6.54 Å². The molecule has 0 aliphatic rings. The second-order valence-electron chi connectivity index (χ2n) is 7.11. The van der Waals surface area contributed by atoms with Crippen LogP contribution in [0.15, 0.2) is 53.3 Å². The third-order valence-electron chi connectivity index (χ3n) is 4.91. The van der Waals surface area contributed by atoms with E-state index in [2.05, 4.69) is 62.1 Å². The minimum atomic E-state index is -0.0680. The monoisotopic (exact) mass is 336 g/mol. The summed E-state index contributed by atoms with van der Waals surface area (Å²) in [6, 6.07) is 16.4. The van der Waals surface area contributed by atoms with Crippen LogP contribution in [0.3, 0.4) is 0 Å². The van der Waals surface area contributed by atoms with Crippen molar-refractivity contribution in [3.8, 4) is 0 Å². The van der Waals surface area contributed by atoms with Crippen molar-refractivity contribution in [1.82, 2.24) is 9.97 Å². The molecular weight excluding hydrogens is 310 g/mol. The molecule has 1 aromatic heterocycles. The van der Waals surface area contributed by atoms with E-state index in [1.807, 2.05) is 24.3 Å². The maximum atomic E-state index is 12.3. The number of fused-ring (bicyclic) bond motifs is 1. The number of nitrogens with one attached hydrogen (secondary N) is 2. The molecule has 2 N–H and O–H groups in total. The number of hydrogen-bond acceptors (Lipinski definition) is 2. The Kier molecular flexibility index (Phi) is 5.00. The lowest BCUT2D eigenvalue weighted by atomic mass is 10.0. The van der Waals surface area contributed by atoms with Gasteiger partial charge in [0, 0.05) is 5.56 Å². The van der Waals surface area contributed by atoms with Gasteiger partial charge in [0.1, 0.15) is 12.6 Å². The second-order valence-corrected chi connectivity index (χ2v) is 7.11. The van der Waals surface area contributed by atoms with Gasteiger partial charge in [-0.05, 0) is 30.5 Å². The Morgan fingerprint density at radius 2 is 1.72 bits per heavy atom. The number of quaternary nitrogens is 1. The average molecular weight is 336 g/mol. The van der Waals surface area contributed by atoms with Crippen LogP contribution in [0, 0.1) is 0 Å². The highest BCUT2D eigenvalue weighted by Gasteiger charge is 2.19. The highest BCUT2D eigenvalue weighted by Crippen LogP contribution is 2.14. The quantitative estimate of drug-likeness (QED) is 0.753. The zero-order valence-electron chi connectivity index (χ0n) is 15.3. The van der Waals surface area contributed by atoms with Crippen LogP contribution >= 0.6 is 0 Å². The molecule has 0 spiro atoms. The minimum Gasteiger partial charge on any atom is -0.325 e. The predicted octanol–water partition coefficient (Wildman–Crippen LogP) is 2.82. The lowest BCUT2D eigenvalue weighted by Crippen LogP contribution is -3.07. The Balaban J connectivity index is 1.80. The van der Waals surface area contributed by atoms with Crippen LogP contribution in [0.5, 0.6) is 0 Å². The van der Waals surface area contributed by atoms with Crippen molar-refractivity contribution in [2.75, 3.05) is 7.05 Å². The van der Waals surface area contributed by atoms with Gasteiger partial charge >= 0.3 is 0 Å². The average Bonchev–Trinajstić information content (AvgIpc) is 2.61. The third-order valence-corrected chi connectivity index (χ3v) is 4.91. The molecule has 1 heterocycles. The molecule has 2 aromatic carbocycles. The van der Waals surface area contributed by atoms with E-state index in [4.69, 9.17) is 0 Å². The van der Waals surface area contributed by atoms with Gasteiger partial charge in [-0.3, -0.25) is 4.79 Å². The minimum absolute atomic E-state index is 0.0680. The number of benzene rings is 2. The zero-order chi connectivity index (χ0) is 18.0.